The Morgan fingerprint density at radius 3 is 3.12 bits per heavy atom. The Bertz CT molecular complexity index is 595. The smallest absolute Gasteiger partial charge is 0.312 e. The van der Waals surface area contributed by atoms with Gasteiger partial charge >= 0.3 is 5.69 Å². The predicted octanol–water partition coefficient (Wildman–Crippen LogP) is 1.73. The lowest BCUT2D eigenvalue weighted by molar-refractivity contribution is 0.509. The number of benzene rings is 1. The number of hydrogen-bond donors (Lipinski definition) is 2. The summed E-state index contributed by atoms with van der Waals surface area (Å²) in [5.41, 5.74) is 1.67. The SMILES string of the molecule is O=c1[nH]c2ccc(Cl)cc2n1CC1CCCN1. The molecule has 0 bridgehead atoms. The van der Waals surface area contributed by atoms with Crippen molar-refractivity contribution < 1.29 is 0 Å². The van der Waals surface area contributed by atoms with Gasteiger partial charge in [-0.2, -0.15) is 0 Å². The molecule has 2 N–H and O–H groups in total. The van der Waals surface area contributed by atoms with Crippen molar-refractivity contribution >= 4 is 22.6 Å². The molecule has 1 aromatic carbocycles. The fraction of sp³-hybridized carbons (Fsp3) is 0.417. The largest absolute Gasteiger partial charge is 0.326 e. The van der Waals surface area contributed by atoms with Gasteiger partial charge < -0.3 is 10.3 Å². The molecule has 1 aliphatic rings. The van der Waals surface area contributed by atoms with Gasteiger partial charge in [0.15, 0.2) is 0 Å². The van der Waals surface area contributed by atoms with Crippen molar-refractivity contribution in [1.82, 2.24) is 14.9 Å². The van der Waals surface area contributed by atoms with Gasteiger partial charge in [-0.3, -0.25) is 4.57 Å². The topological polar surface area (TPSA) is 49.8 Å². The number of hydrogen-bond acceptors (Lipinski definition) is 2. The molecule has 2 heterocycles. The average molecular weight is 252 g/mol. The summed E-state index contributed by atoms with van der Waals surface area (Å²) in [6, 6.07) is 5.87. The Labute approximate surface area is 104 Å². The molecule has 2 aromatic rings. The van der Waals surface area contributed by atoms with E-state index in [9.17, 15) is 4.79 Å². The highest BCUT2D eigenvalue weighted by atomic mass is 35.5. The van der Waals surface area contributed by atoms with Crippen LogP contribution in [-0.2, 0) is 6.54 Å². The Morgan fingerprint density at radius 2 is 2.35 bits per heavy atom. The second-order valence-corrected chi connectivity index (χ2v) is 4.93. The van der Waals surface area contributed by atoms with E-state index in [1.807, 2.05) is 12.1 Å². The molecule has 0 spiro atoms. The van der Waals surface area contributed by atoms with E-state index in [4.69, 9.17) is 11.6 Å². The summed E-state index contributed by atoms with van der Waals surface area (Å²) in [7, 11) is 0. The summed E-state index contributed by atoms with van der Waals surface area (Å²) >= 11 is 5.97. The zero-order valence-electron chi connectivity index (χ0n) is 9.37. The predicted molar refractivity (Wildman–Crippen MR) is 68.6 cm³/mol. The molecule has 3 rings (SSSR count). The Balaban J connectivity index is 2.04. The molecule has 1 saturated heterocycles. The third-order valence-electron chi connectivity index (χ3n) is 3.30. The first-order valence-corrected chi connectivity index (χ1v) is 6.23. The lowest BCUT2D eigenvalue weighted by Crippen LogP contribution is -2.31. The number of fused-ring (bicyclic) bond motifs is 1. The minimum Gasteiger partial charge on any atom is -0.312 e. The second kappa shape index (κ2) is 4.20. The van der Waals surface area contributed by atoms with Crippen molar-refractivity contribution in [2.75, 3.05) is 6.54 Å². The van der Waals surface area contributed by atoms with Gasteiger partial charge in [0, 0.05) is 17.6 Å². The molecule has 1 aromatic heterocycles. The normalized spacial score (nSPS) is 20.2. The minimum absolute atomic E-state index is 0.0593. The monoisotopic (exact) mass is 251 g/mol. The molecule has 1 atom stereocenters. The summed E-state index contributed by atoms with van der Waals surface area (Å²) in [4.78, 5) is 14.7. The van der Waals surface area contributed by atoms with Crippen LogP contribution in [0.4, 0.5) is 0 Å². The molecule has 90 valence electrons. The van der Waals surface area contributed by atoms with Crippen molar-refractivity contribution in [2.24, 2.45) is 0 Å². The van der Waals surface area contributed by atoms with Crippen LogP contribution in [0.1, 0.15) is 12.8 Å². The van der Waals surface area contributed by atoms with E-state index >= 15 is 0 Å². The van der Waals surface area contributed by atoms with Crippen molar-refractivity contribution in [2.45, 2.75) is 25.4 Å². The highest BCUT2D eigenvalue weighted by Gasteiger charge is 2.17. The molecule has 17 heavy (non-hydrogen) atoms. The third kappa shape index (κ3) is 1.98. The molecular weight excluding hydrogens is 238 g/mol. The first-order chi connectivity index (χ1) is 8.24. The van der Waals surface area contributed by atoms with Gasteiger partial charge in [0.1, 0.15) is 0 Å². The van der Waals surface area contributed by atoms with E-state index < -0.39 is 0 Å². The van der Waals surface area contributed by atoms with Crippen LogP contribution >= 0.6 is 11.6 Å². The van der Waals surface area contributed by atoms with Gasteiger partial charge in [-0.15, -0.1) is 0 Å². The van der Waals surface area contributed by atoms with Gasteiger partial charge in [-0.05, 0) is 37.6 Å². The number of rotatable bonds is 2. The standard InChI is InChI=1S/C12H14ClN3O/c13-8-3-4-10-11(6-8)16(12(17)15-10)7-9-2-1-5-14-9/h3-4,6,9,14H,1-2,5,7H2,(H,15,17). The quantitative estimate of drug-likeness (QED) is 0.854. The molecule has 1 unspecified atom stereocenters. The van der Waals surface area contributed by atoms with Gasteiger partial charge in [0.2, 0.25) is 0 Å². The summed E-state index contributed by atoms with van der Waals surface area (Å²) in [6.45, 7) is 1.75. The number of nitrogens with one attached hydrogen (secondary N) is 2. The number of nitrogens with zero attached hydrogens (tertiary/aromatic N) is 1. The molecule has 1 fully saturated rings. The second-order valence-electron chi connectivity index (χ2n) is 4.50. The van der Waals surface area contributed by atoms with Crippen LogP contribution in [0.3, 0.4) is 0 Å². The zero-order chi connectivity index (χ0) is 11.8. The van der Waals surface area contributed by atoms with E-state index in [-0.39, 0.29) is 5.69 Å². The number of H-pyrrole nitrogens is 1. The lowest BCUT2D eigenvalue weighted by Gasteiger charge is -2.10. The highest BCUT2D eigenvalue weighted by molar-refractivity contribution is 6.31. The lowest BCUT2D eigenvalue weighted by atomic mass is 10.2. The molecular formula is C12H14ClN3O. The molecule has 0 radical (unpaired) electrons. The molecule has 1 aliphatic heterocycles. The van der Waals surface area contributed by atoms with Crippen molar-refractivity contribution in [3.63, 3.8) is 0 Å². The zero-order valence-corrected chi connectivity index (χ0v) is 10.1. The number of halogens is 1. The van der Waals surface area contributed by atoms with Crippen LogP contribution in [0, 0.1) is 0 Å². The van der Waals surface area contributed by atoms with Crippen molar-refractivity contribution in [1.29, 1.82) is 0 Å². The third-order valence-corrected chi connectivity index (χ3v) is 3.54. The molecule has 0 aliphatic carbocycles. The van der Waals surface area contributed by atoms with Gasteiger partial charge in [-0.1, -0.05) is 11.6 Å². The maximum atomic E-state index is 11.9. The van der Waals surface area contributed by atoms with Crippen LogP contribution in [-0.4, -0.2) is 22.1 Å². The van der Waals surface area contributed by atoms with E-state index in [0.29, 0.717) is 17.6 Å². The molecule has 0 amide bonds. The van der Waals surface area contributed by atoms with Gasteiger partial charge in [-0.25, -0.2) is 4.79 Å². The fourth-order valence-corrected chi connectivity index (χ4v) is 2.61. The van der Waals surface area contributed by atoms with Crippen LogP contribution in [0.25, 0.3) is 11.0 Å². The summed E-state index contributed by atoms with van der Waals surface area (Å²) in [5, 5.41) is 4.05. The van der Waals surface area contributed by atoms with E-state index in [0.717, 1.165) is 24.0 Å². The molecule has 4 nitrogen and oxygen atoms in total. The van der Waals surface area contributed by atoms with Crippen molar-refractivity contribution in [3.8, 4) is 0 Å². The summed E-state index contributed by atoms with van der Waals surface area (Å²) in [6.07, 6.45) is 2.31. The first-order valence-electron chi connectivity index (χ1n) is 5.85. The summed E-state index contributed by atoms with van der Waals surface area (Å²) < 4.78 is 1.77. The first kappa shape index (κ1) is 10.9. The molecule has 0 saturated carbocycles. The Morgan fingerprint density at radius 1 is 1.47 bits per heavy atom. The number of aromatic nitrogens is 2. The summed E-state index contributed by atoms with van der Waals surface area (Å²) in [5.74, 6) is 0. The van der Waals surface area contributed by atoms with E-state index in [2.05, 4.69) is 10.3 Å². The fourth-order valence-electron chi connectivity index (χ4n) is 2.44. The average Bonchev–Trinajstić information content (AvgIpc) is 2.90. The number of imidazole rings is 1. The molecule has 5 heteroatoms. The van der Waals surface area contributed by atoms with Crippen LogP contribution in [0.2, 0.25) is 5.02 Å². The van der Waals surface area contributed by atoms with Crippen LogP contribution in [0.5, 0.6) is 0 Å². The minimum atomic E-state index is -0.0593. The van der Waals surface area contributed by atoms with Crippen molar-refractivity contribution in [3.05, 3.63) is 33.7 Å². The Hall–Kier alpha value is -1.26. The number of aromatic amines is 1. The maximum absolute atomic E-state index is 11.9. The maximum Gasteiger partial charge on any atom is 0.326 e. The van der Waals surface area contributed by atoms with Crippen LogP contribution < -0.4 is 11.0 Å². The van der Waals surface area contributed by atoms with E-state index in [1.54, 1.807) is 10.6 Å². The Kier molecular flexibility index (Phi) is 2.68. The van der Waals surface area contributed by atoms with E-state index in [1.165, 1.54) is 6.42 Å². The van der Waals surface area contributed by atoms with Gasteiger partial charge in [0.05, 0.1) is 11.0 Å². The van der Waals surface area contributed by atoms with Gasteiger partial charge in [0.25, 0.3) is 0 Å². The highest BCUT2D eigenvalue weighted by Crippen LogP contribution is 2.17. The van der Waals surface area contributed by atoms with Crippen LogP contribution in [0.15, 0.2) is 23.0 Å².